The van der Waals surface area contributed by atoms with E-state index in [1.54, 1.807) is 0 Å². The van der Waals surface area contributed by atoms with Gasteiger partial charge in [0, 0.05) is 19.3 Å². The van der Waals surface area contributed by atoms with E-state index in [1.807, 2.05) is 0 Å². The molecule has 2 aliphatic carbocycles. The van der Waals surface area contributed by atoms with E-state index in [4.69, 9.17) is 4.74 Å². The van der Waals surface area contributed by atoms with Crippen LogP contribution >= 0.6 is 0 Å². The lowest BCUT2D eigenvalue weighted by Crippen LogP contribution is -2.31. The third-order valence-electron chi connectivity index (χ3n) is 8.71. The van der Waals surface area contributed by atoms with Crippen LogP contribution in [0.25, 0.3) is 0 Å². The molecule has 0 aromatic rings. The topological polar surface area (TPSA) is 26.3 Å². The molecule has 0 aliphatic heterocycles. The number of carbonyl (C=O) groups excluding carboxylic acids is 1. The highest BCUT2D eigenvalue weighted by Crippen LogP contribution is 2.43. The average Bonchev–Trinajstić information content (AvgIpc) is 2.89. The molecule has 0 heterocycles. The molecule has 44 heavy (non-hydrogen) atoms. The van der Waals surface area contributed by atoms with Crippen LogP contribution in [0.5, 0.6) is 0 Å². The standard InChI is InChI=1S/C42H58O2/c1-31(19-14-21-33(3)24-26-39-35(5)23-16-28-41(39,8)9)17-12-13-18-32(2)20-15-22-34(4)25-27-40-36(6)29-38(44-37(7)43)30-42(40,10)11/h12-15,17-27,38-39H,16,28-30H2,1-11H3/b13-12+,19-14+,20-15+,26-24+,27-25+,31-17+,32-18+,33-21+,34-22+/t38-,39+/m1/s1. The minimum absolute atomic E-state index is 0.0284. The quantitative estimate of drug-likeness (QED) is 0.135. The van der Waals surface area contributed by atoms with Gasteiger partial charge in [0.1, 0.15) is 6.10 Å². The minimum atomic E-state index is -0.198. The fourth-order valence-electron chi connectivity index (χ4n) is 6.25. The maximum atomic E-state index is 11.4. The van der Waals surface area contributed by atoms with E-state index >= 15 is 0 Å². The van der Waals surface area contributed by atoms with Crippen molar-refractivity contribution in [1.29, 1.82) is 0 Å². The molecule has 2 atom stereocenters. The number of ether oxygens (including phenoxy) is 1. The largest absolute Gasteiger partial charge is 0.462 e. The van der Waals surface area contributed by atoms with Crippen LogP contribution in [-0.4, -0.2) is 12.1 Å². The number of carbonyl (C=O) groups is 1. The van der Waals surface area contributed by atoms with Crippen LogP contribution < -0.4 is 0 Å². The summed E-state index contributed by atoms with van der Waals surface area (Å²) in [4.78, 5) is 11.4. The SMILES string of the molecule is CC(=O)O[C@@H]1CC(C)=C(/C=C/C(C)=C/C=C/C(C)=C/C=C/C=C(C)/C=C/C=C(C)/C=C/[C@H]2C(C)=CCCC2(C)C)C(C)(C)C1. The van der Waals surface area contributed by atoms with Crippen LogP contribution in [0.1, 0.15) is 102 Å². The van der Waals surface area contributed by atoms with Crippen LogP contribution in [0, 0.1) is 16.7 Å². The molecule has 0 aromatic heterocycles. The Hall–Kier alpha value is -3.39. The minimum Gasteiger partial charge on any atom is -0.462 e. The second-order valence-corrected chi connectivity index (χ2v) is 14.1. The van der Waals surface area contributed by atoms with Crippen molar-refractivity contribution in [1.82, 2.24) is 0 Å². The summed E-state index contributed by atoms with van der Waals surface area (Å²) in [6, 6.07) is 0. The van der Waals surface area contributed by atoms with Crippen LogP contribution in [0.2, 0.25) is 0 Å². The first kappa shape index (κ1) is 36.8. The Kier molecular flexibility index (Phi) is 14.4. The molecular weight excluding hydrogens is 536 g/mol. The number of hydrogen-bond donors (Lipinski definition) is 0. The predicted molar refractivity (Wildman–Crippen MR) is 192 cm³/mol. The van der Waals surface area contributed by atoms with Gasteiger partial charge in [0.2, 0.25) is 0 Å². The Morgan fingerprint density at radius 1 is 0.773 bits per heavy atom. The molecule has 0 radical (unpaired) electrons. The molecule has 0 aromatic carbocycles. The molecule has 0 saturated carbocycles. The molecule has 0 bridgehead atoms. The molecule has 0 spiro atoms. The van der Waals surface area contributed by atoms with E-state index in [0.717, 1.165) is 12.8 Å². The summed E-state index contributed by atoms with van der Waals surface area (Å²) in [7, 11) is 0. The van der Waals surface area contributed by atoms with Gasteiger partial charge < -0.3 is 4.74 Å². The summed E-state index contributed by atoms with van der Waals surface area (Å²) in [5.74, 6) is 0.321. The van der Waals surface area contributed by atoms with Crippen LogP contribution in [0.15, 0.2) is 130 Å². The van der Waals surface area contributed by atoms with Gasteiger partial charge in [0.25, 0.3) is 0 Å². The fourth-order valence-corrected chi connectivity index (χ4v) is 6.25. The van der Waals surface area contributed by atoms with E-state index < -0.39 is 0 Å². The molecule has 2 aliphatic rings. The third-order valence-corrected chi connectivity index (χ3v) is 8.71. The van der Waals surface area contributed by atoms with Crippen molar-refractivity contribution in [2.45, 2.75) is 108 Å². The van der Waals surface area contributed by atoms with E-state index in [0.29, 0.717) is 11.3 Å². The molecular formula is C42H58O2. The van der Waals surface area contributed by atoms with Gasteiger partial charge in [-0.15, -0.1) is 0 Å². The number of allylic oxidation sites excluding steroid dienone is 21. The van der Waals surface area contributed by atoms with Gasteiger partial charge in [-0.25, -0.2) is 0 Å². The van der Waals surface area contributed by atoms with Gasteiger partial charge >= 0.3 is 5.97 Å². The molecule has 2 nitrogen and oxygen atoms in total. The summed E-state index contributed by atoms with van der Waals surface area (Å²) in [5, 5.41) is 0. The molecule has 0 saturated heterocycles. The Morgan fingerprint density at radius 3 is 1.82 bits per heavy atom. The van der Waals surface area contributed by atoms with Crippen LogP contribution in [0.4, 0.5) is 0 Å². The smallest absolute Gasteiger partial charge is 0.302 e. The lowest BCUT2D eigenvalue weighted by molar-refractivity contribution is -0.147. The molecule has 0 N–H and O–H groups in total. The maximum Gasteiger partial charge on any atom is 0.302 e. The summed E-state index contributed by atoms with van der Waals surface area (Å²) in [5.41, 5.74) is 9.29. The zero-order chi connectivity index (χ0) is 32.9. The first-order valence-corrected chi connectivity index (χ1v) is 16.2. The van der Waals surface area contributed by atoms with Crippen molar-refractivity contribution >= 4 is 5.97 Å². The Labute approximate surface area is 269 Å². The lowest BCUT2D eigenvalue weighted by atomic mass is 9.68. The fraction of sp³-hybridized carbons (Fsp3) is 0.452. The second-order valence-electron chi connectivity index (χ2n) is 14.1. The Bertz CT molecular complexity index is 1350. The number of rotatable bonds is 11. The number of hydrogen-bond acceptors (Lipinski definition) is 2. The monoisotopic (exact) mass is 594 g/mol. The highest BCUT2D eigenvalue weighted by molar-refractivity contribution is 5.66. The summed E-state index contributed by atoms with van der Waals surface area (Å²) in [6.45, 7) is 23.7. The van der Waals surface area contributed by atoms with Crippen molar-refractivity contribution in [2.75, 3.05) is 0 Å². The van der Waals surface area contributed by atoms with E-state index in [9.17, 15) is 4.79 Å². The van der Waals surface area contributed by atoms with Crippen molar-refractivity contribution in [2.24, 2.45) is 16.7 Å². The summed E-state index contributed by atoms with van der Waals surface area (Å²) < 4.78 is 5.51. The van der Waals surface area contributed by atoms with Gasteiger partial charge in [0.05, 0.1) is 0 Å². The molecule has 0 amide bonds. The van der Waals surface area contributed by atoms with E-state index in [1.165, 1.54) is 58.8 Å². The summed E-state index contributed by atoms with van der Waals surface area (Å²) >= 11 is 0. The van der Waals surface area contributed by atoms with Crippen LogP contribution in [-0.2, 0) is 9.53 Å². The van der Waals surface area contributed by atoms with Gasteiger partial charge in [-0.3, -0.25) is 4.79 Å². The van der Waals surface area contributed by atoms with E-state index in [2.05, 4.69) is 160 Å². The zero-order valence-electron chi connectivity index (χ0n) is 29.5. The Balaban J connectivity index is 1.90. The highest BCUT2D eigenvalue weighted by atomic mass is 16.5. The number of esters is 1. The first-order valence-electron chi connectivity index (χ1n) is 16.2. The zero-order valence-corrected chi connectivity index (χ0v) is 29.5. The first-order chi connectivity index (χ1) is 20.6. The van der Waals surface area contributed by atoms with Gasteiger partial charge in [-0.2, -0.15) is 0 Å². The maximum absolute atomic E-state index is 11.4. The molecule has 238 valence electrons. The van der Waals surface area contributed by atoms with Gasteiger partial charge in [0.15, 0.2) is 0 Å². The highest BCUT2D eigenvalue weighted by Gasteiger charge is 2.34. The van der Waals surface area contributed by atoms with Gasteiger partial charge in [-0.1, -0.05) is 152 Å². The Morgan fingerprint density at radius 2 is 1.30 bits per heavy atom. The molecule has 0 unspecified atom stereocenters. The van der Waals surface area contributed by atoms with Gasteiger partial charge in [-0.05, 0) is 77.2 Å². The summed E-state index contributed by atoms with van der Waals surface area (Å²) in [6.07, 6.45) is 36.8. The normalized spacial score (nSPS) is 24.0. The molecule has 2 rings (SSSR count). The molecule has 0 fully saturated rings. The average molecular weight is 595 g/mol. The van der Waals surface area contributed by atoms with Crippen molar-refractivity contribution in [3.05, 3.63) is 130 Å². The molecule has 2 heteroatoms. The predicted octanol–water partition coefficient (Wildman–Crippen LogP) is 12.0. The van der Waals surface area contributed by atoms with Crippen molar-refractivity contribution in [3.63, 3.8) is 0 Å². The second kappa shape index (κ2) is 17.2. The van der Waals surface area contributed by atoms with Crippen LogP contribution in [0.3, 0.4) is 0 Å². The van der Waals surface area contributed by atoms with Crippen molar-refractivity contribution < 1.29 is 9.53 Å². The van der Waals surface area contributed by atoms with E-state index in [-0.39, 0.29) is 17.5 Å². The lowest BCUT2D eigenvalue weighted by Gasteiger charge is -2.37. The van der Waals surface area contributed by atoms with Crippen molar-refractivity contribution in [3.8, 4) is 0 Å². The third kappa shape index (κ3) is 12.7.